The number of rotatable bonds is 9. The van der Waals surface area contributed by atoms with Crippen LogP contribution >= 0.6 is 0 Å². The molecule has 2 atom stereocenters. The minimum absolute atomic E-state index is 0.375. The molecular formula is C11H22O4. The molecule has 0 aromatic carbocycles. The number of ketones is 1. The number of unbranched alkanes of at least 4 members (excludes halogenated alkanes) is 4. The van der Waals surface area contributed by atoms with Gasteiger partial charge in [0.05, 0.1) is 6.61 Å². The van der Waals surface area contributed by atoms with E-state index in [2.05, 4.69) is 6.92 Å². The molecule has 0 aliphatic heterocycles. The van der Waals surface area contributed by atoms with Gasteiger partial charge in [0.15, 0.2) is 5.78 Å². The molecule has 90 valence electrons. The molecule has 0 aromatic rings. The molecular weight excluding hydrogens is 196 g/mol. The van der Waals surface area contributed by atoms with Crippen molar-refractivity contribution in [3.05, 3.63) is 0 Å². The Morgan fingerprint density at radius 3 is 2.20 bits per heavy atom. The number of aliphatic hydroxyl groups excluding tert-OH is 3. The Kier molecular flexibility index (Phi) is 8.56. The number of hydrogen-bond donors (Lipinski definition) is 3. The summed E-state index contributed by atoms with van der Waals surface area (Å²) in [4.78, 5) is 11.1. The molecule has 0 heterocycles. The summed E-state index contributed by atoms with van der Waals surface area (Å²) in [5, 5.41) is 26.8. The summed E-state index contributed by atoms with van der Waals surface area (Å²) < 4.78 is 0. The van der Waals surface area contributed by atoms with Crippen molar-refractivity contribution in [3.8, 4) is 0 Å². The third kappa shape index (κ3) is 6.60. The molecule has 0 saturated carbocycles. The molecule has 0 aromatic heterocycles. The summed E-state index contributed by atoms with van der Waals surface area (Å²) in [7, 11) is 0. The highest BCUT2D eigenvalue weighted by atomic mass is 16.3. The average molecular weight is 218 g/mol. The topological polar surface area (TPSA) is 77.8 Å². The van der Waals surface area contributed by atoms with Crippen LogP contribution in [0.5, 0.6) is 0 Å². The fraction of sp³-hybridized carbons (Fsp3) is 0.909. The van der Waals surface area contributed by atoms with E-state index in [1.165, 1.54) is 6.42 Å². The van der Waals surface area contributed by atoms with Gasteiger partial charge in [0.25, 0.3) is 0 Å². The highest BCUT2D eigenvalue weighted by molar-refractivity contribution is 5.86. The Hall–Kier alpha value is -0.450. The summed E-state index contributed by atoms with van der Waals surface area (Å²) in [6.07, 6.45) is 3.02. The summed E-state index contributed by atoms with van der Waals surface area (Å²) in [6.45, 7) is 1.50. The number of Topliss-reactive ketones (excluding diaryl/α,β-unsaturated/α-hetero) is 1. The maximum atomic E-state index is 11.1. The molecule has 0 fully saturated rings. The quantitative estimate of drug-likeness (QED) is 0.496. The van der Waals surface area contributed by atoms with Crippen molar-refractivity contribution < 1.29 is 20.1 Å². The van der Waals surface area contributed by atoms with Gasteiger partial charge in [-0.3, -0.25) is 4.79 Å². The van der Waals surface area contributed by atoms with Gasteiger partial charge in [-0.15, -0.1) is 0 Å². The van der Waals surface area contributed by atoms with Crippen LogP contribution in [0.2, 0.25) is 0 Å². The third-order valence-electron chi connectivity index (χ3n) is 2.41. The maximum Gasteiger partial charge on any atom is 0.191 e. The largest absolute Gasteiger partial charge is 0.393 e. The number of carbonyl (C=O) groups excluding carboxylic acids is 1. The molecule has 15 heavy (non-hydrogen) atoms. The van der Waals surface area contributed by atoms with Crippen LogP contribution in [0.3, 0.4) is 0 Å². The highest BCUT2D eigenvalue weighted by Crippen LogP contribution is 2.08. The Balaban J connectivity index is 3.55. The summed E-state index contributed by atoms with van der Waals surface area (Å²) in [5.41, 5.74) is 0. The van der Waals surface area contributed by atoms with Gasteiger partial charge in [-0.25, -0.2) is 0 Å². The first kappa shape index (κ1) is 14.6. The van der Waals surface area contributed by atoms with Crippen molar-refractivity contribution in [3.63, 3.8) is 0 Å². The van der Waals surface area contributed by atoms with Crippen molar-refractivity contribution in [2.24, 2.45) is 0 Å². The molecule has 0 aliphatic carbocycles. The first-order valence-electron chi connectivity index (χ1n) is 5.64. The second kappa shape index (κ2) is 8.83. The van der Waals surface area contributed by atoms with Gasteiger partial charge in [0, 0.05) is 0 Å². The Morgan fingerprint density at radius 1 is 1.07 bits per heavy atom. The van der Waals surface area contributed by atoms with Gasteiger partial charge >= 0.3 is 0 Å². The predicted octanol–water partition coefficient (Wildman–Crippen LogP) is 0.630. The van der Waals surface area contributed by atoms with Crippen LogP contribution in [-0.2, 0) is 4.79 Å². The van der Waals surface area contributed by atoms with Crippen molar-refractivity contribution in [2.45, 2.75) is 57.7 Å². The molecule has 3 N–H and O–H groups in total. The molecule has 2 unspecified atom stereocenters. The molecule has 4 heteroatoms. The van der Waals surface area contributed by atoms with Crippen LogP contribution in [0.15, 0.2) is 0 Å². The van der Waals surface area contributed by atoms with Crippen molar-refractivity contribution in [2.75, 3.05) is 6.61 Å². The van der Waals surface area contributed by atoms with E-state index in [1.54, 1.807) is 0 Å². The first-order chi connectivity index (χ1) is 7.13. The Bertz CT molecular complexity index is 170. The lowest BCUT2D eigenvalue weighted by atomic mass is 10.0. The van der Waals surface area contributed by atoms with Gasteiger partial charge in [0.2, 0.25) is 0 Å². The van der Waals surface area contributed by atoms with E-state index in [0.29, 0.717) is 6.42 Å². The molecule has 0 amide bonds. The fourth-order valence-corrected chi connectivity index (χ4v) is 1.40. The SMILES string of the molecule is CCCCCCCC(O)C(=O)C(O)CO. The van der Waals surface area contributed by atoms with Gasteiger partial charge in [-0.1, -0.05) is 39.0 Å². The molecule has 0 spiro atoms. The van der Waals surface area contributed by atoms with Gasteiger partial charge in [0.1, 0.15) is 12.2 Å². The molecule has 4 nitrogen and oxygen atoms in total. The number of carbonyl (C=O) groups is 1. The van der Waals surface area contributed by atoms with Gasteiger partial charge in [-0.05, 0) is 6.42 Å². The van der Waals surface area contributed by atoms with Crippen LogP contribution in [0.25, 0.3) is 0 Å². The summed E-state index contributed by atoms with van der Waals surface area (Å²) >= 11 is 0. The zero-order valence-corrected chi connectivity index (χ0v) is 9.35. The smallest absolute Gasteiger partial charge is 0.191 e. The van der Waals surface area contributed by atoms with Crippen LogP contribution < -0.4 is 0 Å². The summed E-state index contributed by atoms with van der Waals surface area (Å²) in [6, 6.07) is 0. The lowest BCUT2D eigenvalue weighted by molar-refractivity contribution is -0.137. The second-order valence-corrected chi connectivity index (χ2v) is 3.82. The molecule has 0 saturated heterocycles. The zero-order chi connectivity index (χ0) is 11.7. The standard InChI is InChI=1S/C11H22O4/c1-2-3-4-5-6-7-9(13)11(15)10(14)8-12/h9-10,12-14H,2-8H2,1H3. The maximum absolute atomic E-state index is 11.1. The van der Waals surface area contributed by atoms with Crippen LogP contribution in [0.4, 0.5) is 0 Å². The predicted molar refractivity (Wildman–Crippen MR) is 57.5 cm³/mol. The van der Waals surface area contributed by atoms with E-state index in [-0.39, 0.29) is 0 Å². The third-order valence-corrected chi connectivity index (χ3v) is 2.41. The monoisotopic (exact) mass is 218 g/mol. The van der Waals surface area contributed by atoms with E-state index in [4.69, 9.17) is 10.2 Å². The van der Waals surface area contributed by atoms with E-state index in [9.17, 15) is 9.90 Å². The van der Waals surface area contributed by atoms with Gasteiger partial charge in [-0.2, -0.15) is 0 Å². The van der Waals surface area contributed by atoms with Gasteiger partial charge < -0.3 is 15.3 Å². The minimum atomic E-state index is -1.43. The van der Waals surface area contributed by atoms with Crippen LogP contribution in [0, 0.1) is 0 Å². The molecule has 0 rings (SSSR count). The molecule has 0 bridgehead atoms. The highest BCUT2D eigenvalue weighted by Gasteiger charge is 2.21. The number of hydrogen-bond acceptors (Lipinski definition) is 4. The van der Waals surface area contributed by atoms with Crippen molar-refractivity contribution in [1.82, 2.24) is 0 Å². The van der Waals surface area contributed by atoms with E-state index < -0.39 is 24.6 Å². The fourth-order valence-electron chi connectivity index (χ4n) is 1.40. The average Bonchev–Trinajstić information content (AvgIpc) is 2.26. The van der Waals surface area contributed by atoms with Crippen molar-refractivity contribution >= 4 is 5.78 Å². The lowest BCUT2D eigenvalue weighted by Crippen LogP contribution is -2.34. The van der Waals surface area contributed by atoms with Crippen molar-refractivity contribution in [1.29, 1.82) is 0 Å². The molecule has 0 radical (unpaired) electrons. The van der Waals surface area contributed by atoms with E-state index in [0.717, 1.165) is 25.7 Å². The van der Waals surface area contributed by atoms with E-state index in [1.807, 2.05) is 0 Å². The minimum Gasteiger partial charge on any atom is -0.393 e. The normalized spacial score (nSPS) is 14.9. The number of aliphatic hydroxyl groups is 3. The van der Waals surface area contributed by atoms with Crippen LogP contribution in [0.1, 0.15) is 45.4 Å². The first-order valence-corrected chi connectivity index (χ1v) is 5.64. The second-order valence-electron chi connectivity index (χ2n) is 3.82. The zero-order valence-electron chi connectivity index (χ0n) is 9.35. The van der Waals surface area contributed by atoms with Crippen LogP contribution in [-0.4, -0.2) is 39.9 Å². The lowest BCUT2D eigenvalue weighted by Gasteiger charge is -2.12. The Morgan fingerprint density at radius 2 is 1.67 bits per heavy atom. The van der Waals surface area contributed by atoms with E-state index >= 15 is 0 Å². The molecule has 0 aliphatic rings. The summed E-state index contributed by atoms with van der Waals surface area (Å²) in [5.74, 6) is -0.673. The Labute approximate surface area is 90.9 Å².